The molecule has 4 N–H and O–H groups in total. The molecule has 0 saturated carbocycles. The average molecular weight is 358 g/mol. The third-order valence-corrected chi connectivity index (χ3v) is 4.17. The number of aromatic nitrogens is 4. The van der Waals surface area contributed by atoms with Gasteiger partial charge >= 0.3 is 0 Å². The van der Waals surface area contributed by atoms with Crippen LogP contribution in [0.5, 0.6) is 0 Å². The molecular formula is C20H18N6O. The number of nitrogens with one attached hydrogen (secondary N) is 2. The fourth-order valence-corrected chi connectivity index (χ4v) is 2.81. The first-order valence-corrected chi connectivity index (χ1v) is 8.53. The Labute approximate surface area is 155 Å². The molecule has 0 aliphatic rings. The molecule has 134 valence electrons. The summed E-state index contributed by atoms with van der Waals surface area (Å²) in [5.41, 5.74) is 10.6. The molecule has 0 radical (unpaired) electrons. The third kappa shape index (κ3) is 3.40. The van der Waals surface area contributed by atoms with Gasteiger partial charge in [-0.15, -0.1) is 0 Å². The smallest absolute Gasteiger partial charge is 0.275 e. The largest absolute Gasteiger partial charge is 0.337 e. The number of nitrogens with two attached hydrogens (primary N) is 1. The van der Waals surface area contributed by atoms with Crippen LogP contribution in [-0.4, -0.2) is 25.8 Å². The highest BCUT2D eigenvalue weighted by atomic mass is 16.1. The standard InChI is InChI=1S/C20H18N6O/c1-12-7-8-14-15(9-12)26-19(25-14)18-16(10-21)22-11-17(24-18)20(27)23-13-5-3-2-4-6-13/h2-9,11H,10,21H2,1H3,(H,23,27)(H,25,26). The fourth-order valence-electron chi connectivity index (χ4n) is 2.81. The minimum Gasteiger partial charge on any atom is -0.337 e. The topological polar surface area (TPSA) is 110 Å². The summed E-state index contributed by atoms with van der Waals surface area (Å²) in [5, 5.41) is 2.81. The van der Waals surface area contributed by atoms with Crippen LogP contribution in [0.4, 0.5) is 5.69 Å². The van der Waals surface area contributed by atoms with Crippen molar-refractivity contribution >= 4 is 22.6 Å². The molecule has 0 unspecified atom stereocenters. The van der Waals surface area contributed by atoms with E-state index in [-0.39, 0.29) is 18.1 Å². The summed E-state index contributed by atoms with van der Waals surface area (Å²) in [6.45, 7) is 2.21. The predicted molar refractivity (Wildman–Crippen MR) is 104 cm³/mol. The average Bonchev–Trinajstić information content (AvgIpc) is 3.11. The molecule has 4 rings (SSSR count). The van der Waals surface area contributed by atoms with Gasteiger partial charge in [-0.2, -0.15) is 0 Å². The summed E-state index contributed by atoms with van der Waals surface area (Å²) >= 11 is 0. The van der Waals surface area contributed by atoms with Crippen molar-refractivity contribution in [2.75, 3.05) is 5.32 Å². The van der Waals surface area contributed by atoms with Crippen molar-refractivity contribution in [2.24, 2.45) is 5.73 Å². The van der Waals surface area contributed by atoms with E-state index in [0.29, 0.717) is 22.9 Å². The number of imidazole rings is 1. The lowest BCUT2D eigenvalue weighted by Gasteiger charge is -2.08. The Morgan fingerprint density at radius 1 is 1.15 bits per heavy atom. The second-order valence-electron chi connectivity index (χ2n) is 6.18. The van der Waals surface area contributed by atoms with Crippen LogP contribution in [0.15, 0.2) is 54.7 Å². The number of para-hydroxylation sites is 1. The van der Waals surface area contributed by atoms with Gasteiger partial charge in [-0.25, -0.2) is 9.97 Å². The number of aromatic amines is 1. The Balaban J connectivity index is 1.73. The predicted octanol–water partition coefficient (Wildman–Crippen LogP) is 3.04. The van der Waals surface area contributed by atoms with Gasteiger partial charge in [0, 0.05) is 12.2 Å². The zero-order valence-corrected chi connectivity index (χ0v) is 14.7. The molecule has 2 heterocycles. The van der Waals surface area contributed by atoms with Crippen molar-refractivity contribution < 1.29 is 4.79 Å². The van der Waals surface area contributed by atoms with E-state index in [1.165, 1.54) is 6.20 Å². The lowest BCUT2D eigenvalue weighted by atomic mass is 10.2. The van der Waals surface area contributed by atoms with Crippen molar-refractivity contribution in [3.8, 4) is 11.5 Å². The van der Waals surface area contributed by atoms with Gasteiger partial charge in [-0.3, -0.25) is 9.78 Å². The molecule has 7 nitrogen and oxygen atoms in total. The lowest BCUT2D eigenvalue weighted by molar-refractivity contribution is 0.102. The van der Waals surface area contributed by atoms with Gasteiger partial charge in [0.2, 0.25) is 0 Å². The van der Waals surface area contributed by atoms with Crippen molar-refractivity contribution in [1.29, 1.82) is 0 Å². The molecular weight excluding hydrogens is 340 g/mol. The maximum Gasteiger partial charge on any atom is 0.275 e. The molecule has 4 aromatic rings. The molecule has 0 saturated heterocycles. The maximum absolute atomic E-state index is 12.5. The van der Waals surface area contributed by atoms with Gasteiger partial charge in [0.1, 0.15) is 11.4 Å². The highest BCUT2D eigenvalue weighted by molar-refractivity contribution is 6.03. The van der Waals surface area contributed by atoms with E-state index in [0.717, 1.165) is 16.6 Å². The third-order valence-electron chi connectivity index (χ3n) is 4.17. The number of rotatable bonds is 4. The summed E-state index contributed by atoms with van der Waals surface area (Å²) in [4.78, 5) is 29.1. The highest BCUT2D eigenvalue weighted by Gasteiger charge is 2.17. The molecule has 2 aromatic heterocycles. The van der Waals surface area contributed by atoms with Crippen LogP contribution in [0, 0.1) is 6.92 Å². The number of carbonyl (C=O) groups excluding carboxylic acids is 1. The van der Waals surface area contributed by atoms with Gasteiger partial charge in [-0.05, 0) is 36.8 Å². The highest BCUT2D eigenvalue weighted by Crippen LogP contribution is 2.22. The Morgan fingerprint density at radius 3 is 2.74 bits per heavy atom. The SMILES string of the molecule is Cc1ccc2nc(-c3nc(C(=O)Nc4ccccc4)cnc3CN)[nH]c2c1. The number of anilines is 1. The molecule has 1 amide bonds. The maximum atomic E-state index is 12.5. The first-order chi connectivity index (χ1) is 13.1. The summed E-state index contributed by atoms with van der Waals surface area (Å²) in [7, 11) is 0. The van der Waals surface area contributed by atoms with Crippen LogP contribution in [0.2, 0.25) is 0 Å². The molecule has 0 fully saturated rings. The molecule has 0 bridgehead atoms. The summed E-state index contributed by atoms with van der Waals surface area (Å²) in [6.07, 6.45) is 1.43. The first-order valence-electron chi connectivity index (χ1n) is 8.53. The van der Waals surface area contributed by atoms with Gasteiger partial charge in [0.25, 0.3) is 5.91 Å². The second-order valence-corrected chi connectivity index (χ2v) is 6.18. The van der Waals surface area contributed by atoms with Crippen LogP contribution in [0.1, 0.15) is 21.7 Å². The minimum absolute atomic E-state index is 0.193. The summed E-state index contributed by atoms with van der Waals surface area (Å²) < 4.78 is 0. The second kappa shape index (κ2) is 6.97. The van der Waals surface area contributed by atoms with Gasteiger partial charge in [-0.1, -0.05) is 24.3 Å². The van der Waals surface area contributed by atoms with Crippen LogP contribution in [0.3, 0.4) is 0 Å². The molecule has 0 aliphatic heterocycles. The number of aryl methyl sites for hydroxylation is 1. The summed E-state index contributed by atoms with van der Waals surface area (Å²) in [5.74, 6) is 0.198. The number of benzene rings is 2. The molecule has 0 spiro atoms. The van der Waals surface area contributed by atoms with E-state index in [1.807, 2.05) is 55.5 Å². The fraction of sp³-hybridized carbons (Fsp3) is 0.100. The van der Waals surface area contributed by atoms with Crippen LogP contribution < -0.4 is 11.1 Å². The van der Waals surface area contributed by atoms with Crippen molar-refractivity contribution in [3.05, 3.63) is 71.7 Å². The molecule has 0 aliphatic carbocycles. The monoisotopic (exact) mass is 358 g/mol. The van der Waals surface area contributed by atoms with Crippen LogP contribution >= 0.6 is 0 Å². The van der Waals surface area contributed by atoms with Crippen molar-refractivity contribution in [1.82, 2.24) is 19.9 Å². The number of amides is 1. The minimum atomic E-state index is -0.342. The Bertz CT molecular complexity index is 1120. The zero-order chi connectivity index (χ0) is 18.8. The number of H-pyrrole nitrogens is 1. The Hall–Kier alpha value is -3.58. The van der Waals surface area contributed by atoms with Crippen molar-refractivity contribution in [2.45, 2.75) is 13.5 Å². The lowest BCUT2D eigenvalue weighted by Crippen LogP contribution is -2.16. The quantitative estimate of drug-likeness (QED) is 0.519. The number of hydrogen-bond acceptors (Lipinski definition) is 5. The molecule has 7 heteroatoms. The first kappa shape index (κ1) is 16.9. The van der Waals surface area contributed by atoms with E-state index < -0.39 is 0 Å². The van der Waals surface area contributed by atoms with Gasteiger partial charge < -0.3 is 16.0 Å². The van der Waals surface area contributed by atoms with E-state index in [2.05, 4.69) is 25.3 Å². The van der Waals surface area contributed by atoms with Crippen LogP contribution in [0.25, 0.3) is 22.6 Å². The molecule has 27 heavy (non-hydrogen) atoms. The summed E-state index contributed by atoms with van der Waals surface area (Å²) in [6, 6.07) is 15.1. The number of nitrogens with zero attached hydrogens (tertiary/aromatic N) is 3. The molecule has 2 aromatic carbocycles. The van der Waals surface area contributed by atoms with Gasteiger partial charge in [0.05, 0.1) is 22.9 Å². The van der Waals surface area contributed by atoms with Crippen molar-refractivity contribution in [3.63, 3.8) is 0 Å². The van der Waals surface area contributed by atoms with E-state index in [9.17, 15) is 4.79 Å². The van der Waals surface area contributed by atoms with E-state index >= 15 is 0 Å². The number of carbonyl (C=O) groups is 1. The van der Waals surface area contributed by atoms with E-state index in [4.69, 9.17) is 5.73 Å². The van der Waals surface area contributed by atoms with E-state index in [1.54, 1.807) is 0 Å². The Kier molecular flexibility index (Phi) is 4.35. The number of fused-ring (bicyclic) bond motifs is 1. The Morgan fingerprint density at radius 2 is 1.96 bits per heavy atom. The number of hydrogen-bond donors (Lipinski definition) is 3. The normalized spacial score (nSPS) is 10.9. The van der Waals surface area contributed by atoms with Crippen LogP contribution in [-0.2, 0) is 6.54 Å². The molecule has 0 atom stereocenters. The zero-order valence-electron chi connectivity index (χ0n) is 14.7. The van der Waals surface area contributed by atoms with Gasteiger partial charge in [0.15, 0.2) is 5.82 Å².